The lowest BCUT2D eigenvalue weighted by atomic mass is 9.81. The largest absolute Gasteiger partial charge is 0.396 e. The average Bonchev–Trinajstić information content (AvgIpc) is 2.56. The predicted octanol–water partition coefficient (Wildman–Crippen LogP) is 2.29. The van der Waals surface area contributed by atoms with E-state index in [1.54, 1.807) is 0 Å². The van der Waals surface area contributed by atoms with Gasteiger partial charge in [0.05, 0.1) is 11.6 Å². The van der Waals surface area contributed by atoms with Crippen LogP contribution in [0, 0.1) is 12.8 Å². The van der Waals surface area contributed by atoms with Crippen LogP contribution in [-0.4, -0.2) is 21.5 Å². The van der Waals surface area contributed by atoms with Crippen LogP contribution in [0.25, 0.3) is 10.9 Å². The van der Waals surface area contributed by atoms with Crippen molar-refractivity contribution in [2.24, 2.45) is 5.92 Å². The van der Waals surface area contributed by atoms with Crippen LogP contribution in [0.2, 0.25) is 0 Å². The number of benzene rings is 1. The van der Waals surface area contributed by atoms with Gasteiger partial charge < -0.3 is 5.11 Å². The van der Waals surface area contributed by atoms with Gasteiger partial charge in [-0.1, -0.05) is 18.2 Å². The van der Waals surface area contributed by atoms with Crippen LogP contribution >= 0.6 is 0 Å². The molecule has 0 unspecified atom stereocenters. The lowest BCUT2D eigenvalue weighted by Gasteiger charge is -2.34. The Morgan fingerprint density at radius 2 is 2.12 bits per heavy atom. The average molecular weight is 216 g/mol. The van der Waals surface area contributed by atoms with Crippen molar-refractivity contribution in [3.8, 4) is 0 Å². The summed E-state index contributed by atoms with van der Waals surface area (Å²) in [4.78, 5) is 0. The second kappa shape index (κ2) is 3.59. The highest BCUT2D eigenvalue weighted by Gasteiger charge is 2.31. The standard InChI is InChI=1S/C13H16N2O/c1-9-12-4-2-3-5-13(12)14-15(9)11-6-10(7-11)8-16/h2-5,10-11,16H,6-8H2,1H3. The maximum atomic E-state index is 9.03. The van der Waals surface area contributed by atoms with Crippen molar-refractivity contribution in [2.75, 3.05) is 6.61 Å². The molecule has 84 valence electrons. The van der Waals surface area contributed by atoms with Crippen LogP contribution in [-0.2, 0) is 0 Å². The van der Waals surface area contributed by atoms with Gasteiger partial charge in [0.2, 0.25) is 0 Å². The summed E-state index contributed by atoms with van der Waals surface area (Å²) in [6.45, 7) is 2.44. The van der Waals surface area contributed by atoms with Crippen molar-refractivity contribution in [2.45, 2.75) is 25.8 Å². The number of nitrogens with zero attached hydrogens (tertiary/aromatic N) is 2. The second-order valence-electron chi connectivity index (χ2n) is 4.72. The first kappa shape index (κ1) is 9.85. The molecule has 0 bridgehead atoms. The molecule has 1 aromatic carbocycles. The molecule has 2 aromatic rings. The maximum Gasteiger partial charge on any atom is 0.0926 e. The van der Waals surface area contributed by atoms with Crippen molar-refractivity contribution in [1.82, 2.24) is 9.78 Å². The number of rotatable bonds is 2. The van der Waals surface area contributed by atoms with Crippen LogP contribution in [0.5, 0.6) is 0 Å². The molecule has 3 nitrogen and oxygen atoms in total. The number of fused-ring (bicyclic) bond motifs is 1. The summed E-state index contributed by atoms with van der Waals surface area (Å²) in [6, 6.07) is 8.75. The van der Waals surface area contributed by atoms with Crippen LogP contribution in [0.3, 0.4) is 0 Å². The van der Waals surface area contributed by atoms with E-state index < -0.39 is 0 Å². The fraction of sp³-hybridized carbons (Fsp3) is 0.462. The van der Waals surface area contributed by atoms with Gasteiger partial charge in [-0.05, 0) is 31.7 Å². The molecule has 0 aliphatic heterocycles. The zero-order valence-electron chi connectivity index (χ0n) is 9.43. The number of aromatic nitrogens is 2. The van der Waals surface area contributed by atoms with E-state index in [1.807, 2.05) is 6.07 Å². The molecule has 0 saturated heterocycles. The Labute approximate surface area is 94.7 Å². The SMILES string of the molecule is Cc1c2ccccc2nn1C1CC(CO)C1. The molecule has 3 rings (SSSR count). The molecule has 3 heteroatoms. The first-order valence-electron chi connectivity index (χ1n) is 5.84. The monoisotopic (exact) mass is 216 g/mol. The lowest BCUT2D eigenvalue weighted by Crippen LogP contribution is -2.30. The van der Waals surface area contributed by atoms with Crippen LogP contribution in [0.15, 0.2) is 24.3 Å². The fourth-order valence-corrected chi connectivity index (χ4v) is 2.59. The zero-order chi connectivity index (χ0) is 11.1. The Hall–Kier alpha value is -1.35. The van der Waals surface area contributed by atoms with Crippen LogP contribution in [0.4, 0.5) is 0 Å². The van der Waals surface area contributed by atoms with Crippen molar-refractivity contribution in [1.29, 1.82) is 0 Å². The van der Waals surface area contributed by atoms with E-state index in [0.717, 1.165) is 18.4 Å². The van der Waals surface area contributed by atoms with E-state index >= 15 is 0 Å². The van der Waals surface area contributed by atoms with Gasteiger partial charge in [0.1, 0.15) is 0 Å². The zero-order valence-corrected chi connectivity index (χ0v) is 9.43. The van der Waals surface area contributed by atoms with E-state index in [4.69, 9.17) is 5.11 Å². The normalized spacial score (nSPS) is 24.6. The van der Waals surface area contributed by atoms with Gasteiger partial charge in [-0.25, -0.2) is 0 Å². The Morgan fingerprint density at radius 3 is 2.81 bits per heavy atom. The van der Waals surface area contributed by atoms with Gasteiger partial charge >= 0.3 is 0 Å². The number of aliphatic hydroxyl groups is 1. The Bertz CT molecular complexity index is 512. The third-order valence-electron chi connectivity index (χ3n) is 3.67. The van der Waals surface area contributed by atoms with Gasteiger partial charge in [-0.2, -0.15) is 5.10 Å². The van der Waals surface area contributed by atoms with Crippen LogP contribution < -0.4 is 0 Å². The topological polar surface area (TPSA) is 38.0 Å². The van der Waals surface area contributed by atoms with Gasteiger partial charge in [0.15, 0.2) is 0 Å². The molecule has 1 aliphatic rings. The highest BCUT2D eigenvalue weighted by atomic mass is 16.3. The molecule has 0 amide bonds. The van der Waals surface area contributed by atoms with Gasteiger partial charge in [0, 0.05) is 17.7 Å². The highest BCUT2D eigenvalue weighted by Crippen LogP contribution is 2.38. The first-order valence-corrected chi connectivity index (χ1v) is 5.84. The van der Waals surface area contributed by atoms with E-state index in [-0.39, 0.29) is 0 Å². The minimum atomic E-state index is 0.316. The third-order valence-corrected chi connectivity index (χ3v) is 3.67. The molecule has 1 aromatic heterocycles. The number of hydrogen-bond acceptors (Lipinski definition) is 2. The summed E-state index contributed by atoms with van der Waals surface area (Å²) in [6.07, 6.45) is 2.12. The molecular weight excluding hydrogens is 200 g/mol. The van der Waals surface area contributed by atoms with Gasteiger partial charge in [0.25, 0.3) is 0 Å². The van der Waals surface area contributed by atoms with E-state index in [1.165, 1.54) is 11.1 Å². The summed E-state index contributed by atoms with van der Waals surface area (Å²) in [5.74, 6) is 0.483. The minimum absolute atomic E-state index is 0.316. The summed E-state index contributed by atoms with van der Waals surface area (Å²) in [5, 5.41) is 14.9. The number of hydrogen-bond donors (Lipinski definition) is 1. The molecule has 1 aliphatic carbocycles. The Kier molecular flexibility index (Phi) is 2.21. The van der Waals surface area contributed by atoms with Crippen molar-refractivity contribution in [3.63, 3.8) is 0 Å². The lowest BCUT2D eigenvalue weighted by molar-refractivity contribution is 0.105. The van der Waals surface area contributed by atoms with Crippen molar-refractivity contribution >= 4 is 10.9 Å². The smallest absolute Gasteiger partial charge is 0.0926 e. The van der Waals surface area contributed by atoms with Crippen molar-refractivity contribution in [3.05, 3.63) is 30.0 Å². The molecule has 1 fully saturated rings. The molecule has 0 atom stereocenters. The highest BCUT2D eigenvalue weighted by molar-refractivity contribution is 5.81. The molecular formula is C13H16N2O. The first-order chi connectivity index (χ1) is 7.79. The maximum absolute atomic E-state index is 9.03. The molecule has 1 N–H and O–H groups in total. The van der Waals surface area contributed by atoms with Gasteiger partial charge in [-0.15, -0.1) is 0 Å². The second-order valence-corrected chi connectivity index (χ2v) is 4.72. The summed E-state index contributed by atoms with van der Waals surface area (Å²) >= 11 is 0. The molecule has 1 saturated carbocycles. The van der Waals surface area contributed by atoms with E-state index in [9.17, 15) is 0 Å². The summed E-state index contributed by atoms with van der Waals surface area (Å²) in [5.41, 5.74) is 2.32. The molecule has 16 heavy (non-hydrogen) atoms. The van der Waals surface area contributed by atoms with Crippen molar-refractivity contribution < 1.29 is 5.11 Å². The number of aliphatic hydroxyl groups excluding tert-OH is 1. The molecule has 0 spiro atoms. The quantitative estimate of drug-likeness (QED) is 0.836. The molecule has 1 heterocycles. The Balaban J connectivity index is 1.96. The Morgan fingerprint density at radius 1 is 1.38 bits per heavy atom. The van der Waals surface area contributed by atoms with E-state index in [0.29, 0.717) is 18.6 Å². The number of aryl methyl sites for hydroxylation is 1. The van der Waals surface area contributed by atoms with Crippen LogP contribution in [0.1, 0.15) is 24.6 Å². The fourth-order valence-electron chi connectivity index (χ4n) is 2.59. The summed E-state index contributed by atoms with van der Waals surface area (Å²) < 4.78 is 2.14. The van der Waals surface area contributed by atoms with E-state index in [2.05, 4.69) is 34.9 Å². The predicted molar refractivity (Wildman–Crippen MR) is 63.3 cm³/mol. The third kappa shape index (κ3) is 1.35. The van der Waals surface area contributed by atoms with Gasteiger partial charge in [-0.3, -0.25) is 4.68 Å². The summed E-state index contributed by atoms with van der Waals surface area (Å²) in [7, 11) is 0. The molecule has 0 radical (unpaired) electrons. The minimum Gasteiger partial charge on any atom is -0.396 e.